The van der Waals surface area contributed by atoms with E-state index in [4.69, 9.17) is 28.4 Å². The molecule has 194 valence electrons. The number of carbonyl (C=O) groups excluding carboxylic acids is 1. The van der Waals surface area contributed by atoms with Crippen LogP contribution in [-0.2, 0) is 14.2 Å². The fourth-order valence-corrected chi connectivity index (χ4v) is 4.90. The van der Waals surface area contributed by atoms with Crippen molar-refractivity contribution >= 4 is 19.4 Å². The first kappa shape index (κ1) is 32.4. The Morgan fingerprint density at radius 1 is 0.778 bits per heavy atom. The molecule has 0 aliphatic rings. The first-order chi connectivity index (χ1) is 16.7. The van der Waals surface area contributed by atoms with Gasteiger partial charge in [0, 0.05) is 37.5 Å². The summed E-state index contributed by atoms with van der Waals surface area (Å²) in [5, 5.41) is 0.632. The van der Waals surface area contributed by atoms with Crippen LogP contribution in [0.25, 0.3) is 0 Å². The Morgan fingerprint density at radius 3 is 1.61 bits per heavy atom. The standard InChI is InChI=1S/C27H39O7P.Li/c1-9-29-19(6)32-22-15-23(33-20(7)30-10-2)26(24(16-22)34-21(8)31-11-3)35-27(28)25-17(4)13-12-14-18(25)5;/h12-16,19-21,35H,9-11H2,1-8H3;/q;+1. The smallest absolute Gasteiger partial charge is 0.465 e. The number of aryl methyl sites for hydroxylation is 2. The Balaban J connectivity index is 0.00000648. The predicted molar refractivity (Wildman–Crippen MR) is 140 cm³/mol. The van der Waals surface area contributed by atoms with Crippen molar-refractivity contribution in [3.63, 3.8) is 0 Å². The summed E-state index contributed by atoms with van der Waals surface area (Å²) < 4.78 is 35.0. The van der Waals surface area contributed by atoms with Crippen LogP contribution in [0.2, 0.25) is 0 Å². The summed E-state index contributed by atoms with van der Waals surface area (Å²) in [5.41, 5.74) is 2.58. The van der Waals surface area contributed by atoms with Crippen LogP contribution in [0.5, 0.6) is 17.2 Å². The van der Waals surface area contributed by atoms with Gasteiger partial charge in [-0.05, 0) is 75.1 Å². The van der Waals surface area contributed by atoms with Crippen molar-refractivity contribution in [2.24, 2.45) is 0 Å². The zero-order valence-corrected chi connectivity index (χ0v) is 24.1. The molecule has 36 heavy (non-hydrogen) atoms. The van der Waals surface area contributed by atoms with Crippen LogP contribution in [0.1, 0.15) is 63.0 Å². The monoisotopic (exact) mass is 513 g/mol. The second kappa shape index (κ2) is 16.3. The molecule has 0 aliphatic heterocycles. The second-order valence-corrected chi connectivity index (χ2v) is 9.14. The van der Waals surface area contributed by atoms with Crippen molar-refractivity contribution < 1.29 is 52.1 Å². The average Bonchev–Trinajstić information content (AvgIpc) is 2.76. The quantitative estimate of drug-likeness (QED) is 0.206. The van der Waals surface area contributed by atoms with E-state index < -0.39 is 18.9 Å². The molecule has 7 nitrogen and oxygen atoms in total. The normalized spacial score (nSPS) is 13.7. The van der Waals surface area contributed by atoms with Gasteiger partial charge in [0.15, 0.2) is 24.4 Å². The second-order valence-electron chi connectivity index (χ2n) is 7.94. The van der Waals surface area contributed by atoms with E-state index in [2.05, 4.69) is 0 Å². The number of hydrogen-bond donors (Lipinski definition) is 0. The van der Waals surface area contributed by atoms with E-state index in [1.165, 1.54) is 0 Å². The summed E-state index contributed by atoms with van der Waals surface area (Å²) in [5.74, 6) is 1.42. The van der Waals surface area contributed by atoms with Gasteiger partial charge in [0.05, 0.1) is 5.30 Å². The molecule has 0 heterocycles. The molecule has 4 atom stereocenters. The minimum absolute atomic E-state index is 0. The van der Waals surface area contributed by atoms with Crippen LogP contribution < -0.4 is 38.4 Å². The Hall–Kier alpha value is -1.58. The number of ether oxygens (including phenoxy) is 6. The largest absolute Gasteiger partial charge is 1.00 e. The van der Waals surface area contributed by atoms with Crippen LogP contribution in [0.15, 0.2) is 30.3 Å². The average molecular weight is 514 g/mol. The van der Waals surface area contributed by atoms with Gasteiger partial charge in [0.1, 0.15) is 17.2 Å². The van der Waals surface area contributed by atoms with Crippen molar-refractivity contribution in [2.75, 3.05) is 19.8 Å². The van der Waals surface area contributed by atoms with Gasteiger partial charge in [-0.15, -0.1) is 0 Å². The Bertz CT molecular complexity index is 914. The summed E-state index contributed by atoms with van der Waals surface area (Å²) in [6.45, 7) is 16.5. The van der Waals surface area contributed by atoms with E-state index in [0.717, 1.165) is 11.1 Å². The maximum absolute atomic E-state index is 13.5. The first-order valence-electron chi connectivity index (χ1n) is 12.1. The SMILES string of the molecule is CCOC(C)Oc1cc(OC(C)OCC)c(PC(=O)c2c(C)cccc2C)c(OC(C)OCC)c1.[Li+]. The van der Waals surface area contributed by atoms with E-state index in [1.807, 2.05) is 73.6 Å². The first-order valence-corrected chi connectivity index (χ1v) is 13.1. The fraction of sp³-hybridized carbons (Fsp3) is 0.519. The molecule has 4 unspecified atom stereocenters. The van der Waals surface area contributed by atoms with Crippen molar-refractivity contribution in [1.29, 1.82) is 0 Å². The number of benzene rings is 2. The molecule has 2 rings (SSSR count). The zero-order valence-electron chi connectivity index (χ0n) is 23.1. The van der Waals surface area contributed by atoms with Crippen molar-refractivity contribution in [1.82, 2.24) is 0 Å². The summed E-state index contributed by atoms with van der Waals surface area (Å²) in [4.78, 5) is 13.5. The van der Waals surface area contributed by atoms with Gasteiger partial charge in [0.25, 0.3) is 0 Å². The van der Waals surface area contributed by atoms with Crippen LogP contribution in [0.3, 0.4) is 0 Å². The molecule has 0 spiro atoms. The van der Waals surface area contributed by atoms with Gasteiger partial charge in [0.2, 0.25) is 0 Å². The zero-order chi connectivity index (χ0) is 26.0. The predicted octanol–water partition coefficient (Wildman–Crippen LogP) is 2.74. The molecule has 0 aliphatic carbocycles. The Labute approximate surface area is 229 Å². The third kappa shape index (κ3) is 9.71. The summed E-state index contributed by atoms with van der Waals surface area (Å²) in [7, 11) is -0.245. The van der Waals surface area contributed by atoms with Gasteiger partial charge in [-0.2, -0.15) is 0 Å². The molecule has 2 aromatic carbocycles. The van der Waals surface area contributed by atoms with Crippen LogP contribution in [0, 0.1) is 13.8 Å². The molecular formula is C27H39LiO7P+. The van der Waals surface area contributed by atoms with Crippen LogP contribution in [0.4, 0.5) is 0 Å². The van der Waals surface area contributed by atoms with E-state index in [1.54, 1.807) is 12.1 Å². The minimum atomic E-state index is -0.532. The molecule has 0 saturated carbocycles. The van der Waals surface area contributed by atoms with Crippen LogP contribution in [-0.4, -0.2) is 44.2 Å². The van der Waals surface area contributed by atoms with Crippen molar-refractivity contribution in [2.45, 2.75) is 74.3 Å². The fourth-order valence-electron chi connectivity index (χ4n) is 3.65. The third-order valence-electron chi connectivity index (χ3n) is 5.08. The molecular weight excluding hydrogens is 474 g/mol. The number of carbonyl (C=O) groups is 1. The molecule has 9 heteroatoms. The van der Waals surface area contributed by atoms with E-state index >= 15 is 0 Å². The van der Waals surface area contributed by atoms with Gasteiger partial charge >= 0.3 is 18.9 Å². The van der Waals surface area contributed by atoms with E-state index in [9.17, 15) is 4.79 Å². The van der Waals surface area contributed by atoms with E-state index in [0.29, 0.717) is 47.9 Å². The summed E-state index contributed by atoms with van der Waals surface area (Å²) in [6.07, 6.45) is -1.54. The summed E-state index contributed by atoms with van der Waals surface area (Å²) in [6, 6.07) is 9.35. The Morgan fingerprint density at radius 2 is 1.19 bits per heavy atom. The van der Waals surface area contributed by atoms with Gasteiger partial charge in [-0.1, -0.05) is 18.2 Å². The van der Waals surface area contributed by atoms with Crippen molar-refractivity contribution in [3.8, 4) is 17.2 Å². The molecule has 0 N–H and O–H groups in total. The number of hydrogen-bond acceptors (Lipinski definition) is 7. The Kier molecular flexibility index (Phi) is 14.7. The molecule has 0 fully saturated rings. The maximum atomic E-state index is 13.5. The third-order valence-corrected chi connectivity index (χ3v) is 6.30. The number of rotatable bonds is 15. The molecule has 0 saturated heterocycles. The van der Waals surface area contributed by atoms with Crippen molar-refractivity contribution in [3.05, 3.63) is 47.0 Å². The van der Waals surface area contributed by atoms with Crippen LogP contribution >= 0.6 is 8.58 Å². The molecule has 0 aromatic heterocycles. The molecule has 2 aromatic rings. The van der Waals surface area contributed by atoms with Gasteiger partial charge in [-0.25, -0.2) is 0 Å². The van der Waals surface area contributed by atoms with Gasteiger partial charge in [-0.3, -0.25) is 4.79 Å². The molecule has 0 bridgehead atoms. The topological polar surface area (TPSA) is 72.5 Å². The van der Waals surface area contributed by atoms with E-state index in [-0.39, 0.29) is 33.0 Å². The summed E-state index contributed by atoms with van der Waals surface area (Å²) >= 11 is 0. The maximum Gasteiger partial charge on any atom is 1.00 e. The van der Waals surface area contributed by atoms with Gasteiger partial charge < -0.3 is 28.4 Å². The molecule has 0 amide bonds. The molecule has 0 radical (unpaired) electrons. The minimum Gasteiger partial charge on any atom is -0.465 e.